The Balaban J connectivity index is 1.87. The first-order valence-corrected chi connectivity index (χ1v) is 8.15. The quantitative estimate of drug-likeness (QED) is 0.628. The Hall–Kier alpha value is -2.60. The highest BCUT2D eigenvalue weighted by atomic mass is 16.3. The molecule has 4 N–H and O–H groups in total. The SMILES string of the molecule is CCCNC(=O)CNC(=O)C[NH2+][C@@H](c1ccccc1)c1ccco1. The zero-order valence-electron chi connectivity index (χ0n) is 13.8. The molecule has 1 atom stereocenters. The molecule has 0 saturated carbocycles. The molecule has 1 aromatic carbocycles. The molecule has 6 nitrogen and oxygen atoms in total. The molecule has 2 amide bonds. The maximum Gasteiger partial charge on any atom is 0.275 e. The predicted molar refractivity (Wildman–Crippen MR) is 90.1 cm³/mol. The van der Waals surface area contributed by atoms with E-state index in [2.05, 4.69) is 10.6 Å². The van der Waals surface area contributed by atoms with Gasteiger partial charge in [-0.25, -0.2) is 0 Å². The van der Waals surface area contributed by atoms with Crippen LogP contribution < -0.4 is 16.0 Å². The zero-order chi connectivity index (χ0) is 17.2. The number of furan rings is 1. The normalized spacial score (nSPS) is 11.7. The molecule has 24 heavy (non-hydrogen) atoms. The van der Waals surface area contributed by atoms with Crippen LogP contribution in [0.25, 0.3) is 0 Å². The van der Waals surface area contributed by atoms with E-state index in [-0.39, 0.29) is 30.9 Å². The number of nitrogens with two attached hydrogens (primary N) is 1. The standard InChI is InChI=1S/C18H23N3O3/c1-2-10-19-16(22)12-20-17(23)13-21-18(15-9-6-11-24-15)14-7-4-3-5-8-14/h3-9,11,18,21H,2,10,12-13H2,1H3,(H,19,22)(H,20,23)/p+1/t18-/m0/s1. The van der Waals surface area contributed by atoms with Crippen molar-refractivity contribution in [3.8, 4) is 0 Å². The molecule has 6 heteroatoms. The fraction of sp³-hybridized carbons (Fsp3) is 0.333. The number of amides is 2. The van der Waals surface area contributed by atoms with E-state index in [1.807, 2.05) is 54.7 Å². The van der Waals surface area contributed by atoms with Crippen molar-refractivity contribution in [1.29, 1.82) is 0 Å². The lowest BCUT2D eigenvalue weighted by Crippen LogP contribution is -2.87. The zero-order valence-corrected chi connectivity index (χ0v) is 13.8. The molecule has 2 aromatic rings. The summed E-state index contributed by atoms with van der Waals surface area (Å²) in [5.41, 5.74) is 1.06. The number of nitrogens with one attached hydrogen (secondary N) is 2. The Labute approximate surface area is 141 Å². The lowest BCUT2D eigenvalue weighted by Gasteiger charge is -2.14. The Morgan fingerprint density at radius 2 is 1.88 bits per heavy atom. The summed E-state index contributed by atoms with van der Waals surface area (Å²) in [6, 6.07) is 13.5. The van der Waals surface area contributed by atoms with Crippen molar-refractivity contribution in [2.75, 3.05) is 19.6 Å². The number of carbonyl (C=O) groups excluding carboxylic acids is 2. The monoisotopic (exact) mass is 330 g/mol. The van der Waals surface area contributed by atoms with Gasteiger partial charge in [0.15, 0.2) is 18.3 Å². The Kier molecular flexibility index (Phi) is 7.04. The van der Waals surface area contributed by atoms with Gasteiger partial charge in [-0.2, -0.15) is 0 Å². The van der Waals surface area contributed by atoms with Crippen LogP contribution >= 0.6 is 0 Å². The van der Waals surface area contributed by atoms with Crippen LogP contribution in [0.4, 0.5) is 0 Å². The summed E-state index contributed by atoms with van der Waals surface area (Å²) in [6.07, 6.45) is 2.49. The van der Waals surface area contributed by atoms with Crippen LogP contribution in [0.15, 0.2) is 53.1 Å². The number of carbonyl (C=O) groups is 2. The molecular formula is C18H24N3O3+. The molecule has 0 unspecified atom stereocenters. The highest BCUT2D eigenvalue weighted by Crippen LogP contribution is 2.18. The predicted octanol–water partition coefficient (Wildman–Crippen LogP) is 0.575. The molecule has 0 aliphatic heterocycles. The summed E-state index contributed by atoms with van der Waals surface area (Å²) >= 11 is 0. The summed E-state index contributed by atoms with van der Waals surface area (Å²) in [5.74, 6) is 0.430. The lowest BCUT2D eigenvalue weighted by atomic mass is 10.0. The van der Waals surface area contributed by atoms with Gasteiger partial charge in [-0.15, -0.1) is 0 Å². The minimum absolute atomic E-state index is 0.00340. The van der Waals surface area contributed by atoms with Crippen molar-refractivity contribution in [1.82, 2.24) is 10.6 Å². The first-order chi connectivity index (χ1) is 11.7. The first-order valence-electron chi connectivity index (χ1n) is 8.15. The Morgan fingerprint density at radius 1 is 1.08 bits per heavy atom. The molecule has 2 rings (SSSR count). The molecule has 0 aliphatic carbocycles. The largest absolute Gasteiger partial charge is 0.463 e. The van der Waals surface area contributed by atoms with Crippen LogP contribution in [0.2, 0.25) is 0 Å². The molecule has 0 spiro atoms. The van der Waals surface area contributed by atoms with E-state index in [9.17, 15) is 9.59 Å². The number of hydrogen-bond donors (Lipinski definition) is 3. The Bertz CT molecular complexity index is 626. The molecular weight excluding hydrogens is 306 g/mol. The van der Waals surface area contributed by atoms with E-state index in [0.29, 0.717) is 6.54 Å². The van der Waals surface area contributed by atoms with Crippen LogP contribution in [0, 0.1) is 0 Å². The second-order valence-corrected chi connectivity index (χ2v) is 5.47. The maximum absolute atomic E-state index is 12.0. The maximum atomic E-state index is 12.0. The molecule has 1 heterocycles. The van der Waals surface area contributed by atoms with E-state index < -0.39 is 0 Å². The molecule has 0 bridgehead atoms. The van der Waals surface area contributed by atoms with Gasteiger partial charge in [0.25, 0.3) is 5.91 Å². The minimum Gasteiger partial charge on any atom is -0.463 e. The summed E-state index contributed by atoms with van der Waals surface area (Å²) in [5, 5.41) is 7.25. The second kappa shape index (κ2) is 9.52. The molecule has 0 saturated heterocycles. The van der Waals surface area contributed by atoms with Crippen LogP contribution in [0.3, 0.4) is 0 Å². The third kappa shape index (κ3) is 5.55. The van der Waals surface area contributed by atoms with Gasteiger partial charge in [0.2, 0.25) is 5.91 Å². The molecule has 128 valence electrons. The van der Waals surface area contributed by atoms with Gasteiger partial charge in [-0.1, -0.05) is 37.3 Å². The van der Waals surface area contributed by atoms with Crippen molar-refractivity contribution in [2.24, 2.45) is 0 Å². The minimum atomic E-state index is -0.186. The molecule has 0 fully saturated rings. The smallest absolute Gasteiger partial charge is 0.275 e. The van der Waals surface area contributed by atoms with Gasteiger partial charge in [0.05, 0.1) is 12.8 Å². The number of benzene rings is 1. The lowest BCUT2D eigenvalue weighted by molar-refractivity contribution is -0.678. The van der Waals surface area contributed by atoms with E-state index >= 15 is 0 Å². The van der Waals surface area contributed by atoms with Crippen LogP contribution in [0.1, 0.15) is 30.7 Å². The van der Waals surface area contributed by atoms with E-state index in [4.69, 9.17) is 4.42 Å². The van der Waals surface area contributed by atoms with E-state index in [1.165, 1.54) is 0 Å². The molecule has 0 radical (unpaired) electrons. The third-order valence-electron chi connectivity index (χ3n) is 3.57. The topological polar surface area (TPSA) is 88.0 Å². The molecule has 1 aromatic heterocycles. The summed E-state index contributed by atoms with van der Waals surface area (Å²) in [6.45, 7) is 2.81. The van der Waals surface area contributed by atoms with Gasteiger partial charge >= 0.3 is 0 Å². The van der Waals surface area contributed by atoms with Gasteiger partial charge in [-0.05, 0) is 18.6 Å². The van der Waals surface area contributed by atoms with Crippen LogP contribution in [0.5, 0.6) is 0 Å². The summed E-state index contributed by atoms with van der Waals surface area (Å²) in [7, 11) is 0. The van der Waals surface area contributed by atoms with Crippen molar-refractivity contribution in [2.45, 2.75) is 19.4 Å². The number of quaternary nitrogens is 1. The van der Waals surface area contributed by atoms with Crippen LogP contribution in [-0.2, 0) is 9.59 Å². The first kappa shape index (κ1) is 17.7. The summed E-state index contributed by atoms with van der Waals surface area (Å²) in [4.78, 5) is 23.5. The number of hydrogen-bond acceptors (Lipinski definition) is 3. The van der Waals surface area contributed by atoms with Crippen molar-refractivity contribution in [3.63, 3.8) is 0 Å². The fourth-order valence-corrected chi connectivity index (χ4v) is 2.35. The van der Waals surface area contributed by atoms with Crippen LogP contribution in [-0.4, -0.2) is 31.4 Å². The average molecular weight is 330 g/mol. The van der Waals surface area contributed by atoms with E-state index in [0.717, 1.165) is 17.7 Å². The highest BCUT2D eigenvalue weighted by molar-refractivity contribution is 5.84. The third-order valence-corrected chi connectivity index (χ3v) is 3.57. The van der Waals surface area contributed by atoms with Gasteiger partial charge in [0.1, 0.15) is 0 Å². The van der Waals surface area contributed by atoms with Gasteiger partial charge in [-0.3, -0.25) is 9.59 Å². The van der Waals surface area contributed by atoms with Gasteiger partial charge in [0, 0.05) is 12.1 Å². The summed E-state index contributed by atoms with van der Waals surface area (Å²) < 4.78 is 5.50. The Morgan fingerprint density at radius 3 is 2.54 bits per heavy atom. The fourth-order valence-electron chi connectivity index (χ4n) is 2.35. The van der Waals surface area contributed by atoms with Gasteiger partial charge < -0.3 is 20.4 Å². The van der Waals surface area contributed by atoms with Crippen molar-refractivity contribution < 1.29 is 19.3 Å². The second-order valence-electron chi connectivity index (χ2n) is 5.47. The average Bonchev–Trinajstić information content (AvgIpc) is 3.13. The number of rotatable bonds is 9. The molecule has 0 aliphatic rings. The van der Waals surface area contributed by atoms with Crippen molar-refractivity contribution >= 4 is 11.8 Å². The van der Waals surface area contributed by atoms with E-state index in [1.54, 1.807) is 6.26 Å². The highest BCUT2D eigenvalue weighted by Gasteiger charge is 2.21. The van der Waals surface area contributed by atoms with Crippen molar-refractivity contribution in [3.05, 3.63) is 60.1 Å².